The Hall–Kier alpha value is -1.39. The summed E-state index contributed by atoms with van der Waals surface area (Å²) in [5.41, 5.74) is 0.560. The number of hydrogen-bond donors (Lipinski definition) is 0. The van der Waals surface area contributed by atoms with Crippen molar-refractivity contribution in [3.8, 4) is 5.75 Å². The summed E-state index contributed by atoms with van der Waals surface area (Å²) in [7, 11) is 1.55. The molecule has 0 spiro atoms. The van der Waals surface area contributed by atoms with Gasteiger partial charge in [0, 0.05) is 13.2 Å². The van der Waals surface area contributed by atoms with Gasteiger partial charge in [0.25, 0.3) is 0 Å². The first-order valence-electron chi connectivity index (χ1n) is 6.12. The summed E-state index contributed by atoms with van der Waals surface area (Å²) in [4.78, 5) is 12.1. The van der Waals surface area contributed by atoms with Crippen molar-refractivity contribution < 1.29 is 19.0 Å². The molecule has 1 rings (SSSR count). The lowest BCUT2D eigenvalue weighted by Gasteiger charge is -2.16. The highest BCUT2D eigenvalue weighted by atomic mass is 16.7. The molecular weight excluding hydrogens is 232 g/mol. The van der Waals surface area contributed by atoms with Crippen molar-refractivity contribution in [2.75, 3.05) is 20.3 Å². The molecule has 0 aliphatic carbocycles. The fraction of sp³-hybridized carbons (Fsp3) is 0.500. The number of ketones is 1. The Labute approximate surface area is 108 Å². The van der Waals surface area contributed by atoms with Crippen LogP contribution in [0.25, 0.3) is 0 Å². The van der Waals surface area contributed by atoms with E-state index in [1.807, 2.05) is 26.0 Å². The first kappa shape index (κ1) is 14.7. The van der Waals surface area contributed by atoms with E-state index in [4.69, 9.17) is 14.2 Å². The molecule has 0 heterocycles. The Morgan fingerprint density at radius 3 is 2.33 bits per heavy atom. The normalized spacial score (nSPS) is 10.7. The molecule has 18 heavy (non-hydrogen) atoms. The summed E-state index contributed by atoms with van der Waals surface area (Å²) in [5, 5.41) is 0. The lowest BCUT2D eigenvalue weighted by Crippen LogP contribution is -2.21. The number of methoxy groups -OCH3 is 1. The molecule has 4 heteroatoms. The molecule has 0 N–H and O–H groups in total. The third kappa shape index (κ3) is 4.13. The summed E-state index contributed by atoms with van der Waals surface area (Å²) in [6.45, 7) is 4.78. The van der Waals surface area contributed by atoms with E-state index in [9.17, 15) is 4.79 Å². The molecule has 0 saturated carbocycles. The second kappa shape index (κ2) is 7.84. The van der Waals surface area contributed by atoms with Gasteiger partial charge in [-0.2, -0.15) is 0 Å². The van der Waals surface area contributed by atoms with Crippen LogP contribution in [0.3, 0.4) is 0 Å². The van der Waals surface area contributed by atoms with Crippen molar-refractivity contribution >= 4 is 5.78 Å². The van der Waals surface area contributed by atoms with Crippen LogP contribution in [0.5, 0.6) is 5.75 Å². The number of hydrogen-bond acceptors (Lipinski definition) is 4. The number of carbonyl (C=O) groups excluding carboxylic acids is 1. The summed E-state index contributed by atoms with van der Waals surface area (Å²) < 4.78 is 15.9. The molecule has 1 aromatic carbocycles. The molecule has 4 nitrogen and oxygen atoms in total. The van der Waals surface area contributed by atoms with Gasteiger partial charge >= 0.3 is 0 Å². The Balaban J connectivity index is 2.73. The second-order valence-corrected chi connectivity index (χ2v) is 3.67. The van der Waals surface area contributed by atoms with Gasteiger partial charge in [0.15, 0.2) is 12.1 Å². The SMILES string of the molecule is CCOC(CC(=O)c1ccccc1OC)OCC. The zero-order valence-corrected chi connectivity index (χ0v) is 11.1. The standard InChI is InChI=1S/C14H20O4/c1-4-17-14(18-5-2)10-12(15)11-8-6-7-9-13(11)16-3/h6-9,14H,4-5,10H2,1-3H3. The minimum absolute atomic E-state index is 0.0423. The average molecular weight is 252 g/mol. The van der Waals surface area contributed by atoms with Gasteiger partial charge in [0.05, 0.1) is 19.1 Å². The third-order valence-electron chi connectivity index (χ3n) is 2.46. The predicted molar refractivity (Wildman–Crippen MR) is 69.0 cm³/mol. The zero-order chi connectivity index (χ0) is 13.4. The lowest BCUT2D eigenvalue weighted by molar-refractivity contribution is -0.133. The number of carbonyl (C=O) groups is 1. The van der Waals surface area contributed by atoms with Crippen molar-refractivity contribution in [1.29, 1.82) is 0 Å². The smallest absolute Gasteiger partial charge is 0.171 e. The largest absolute Gasteiger partial charge is 0.496 e. The van der Waals surface area contributed by atoms with E-state index in [1.165, 1.54) is 0 Å². The maximum Gasteiger partial charge on any atom is 0.171 e. The van der Waals surface area contributed by atoms with Gasteiger partial charge in [0.2, 0.25) is 0 Å². The molecule has 0 aromatic heterocycles. The molecule has 0 aliphatic rings. The van der Waals surface area contributed by atoms with Crippen molar-refractivity contribution in [3.63, 3.8) is 0 Å². The van der Waals surface area contributed by atoms with Crippen LogP contribution in [-0.2, 0) is 9.47 Å². The minimum atomic E-state index is -0.489. The van der Waals surface area contributed by atoms with E-state index in [0.29, 0.717) is 24.5 Å². The van der Waals surface area contributed by atoms with Crippen molar-refractivity contribution in [2.24, 2.45) is 0 Å². The first-order chi connectivity index (χ1) is 8.72. The van der Waals surface area contributed by atoms with Crippen molar-refractivity contribution in [1.82, 2.24) is 0 Å². The highest BCUT2D eigenvalue weighted by molar-refractivity contribution is 5.98. The Morgan fingerprint density at radius 2 is 1.78 bits per heavy atom. The summed E-state index contributed by atoms with van der Waals surface area (Å²) in [6.07, 6.45) is -0.292. The molecule has 0 fully saturated rings. The molecule has 0 bridgehead atoms. The van der Waals surface area contributed by atoms with Crippen LogP contribution < -0.4 is 4.74 Å². The van der Waals surface area contributed by atoms with Gasteiger partial charge in [-0.3, -0.25) is 4.79 Å². The third-order valence-corrected chi connectivity index (χ3v) is 2.46. The van der Waals surface area contributed by atoms with E-state index < -0.39 is 6.29 Å². The molecular formula is C14H20O4. The Bertz CT molecular complexity index is 370. The van der Waals surface area contributed by atoms with E-state index in [0.717, 1.165) is 0 Å². The summed E-state index contributed by atoms with van der Waals surface area (Å²) in [5.74, 6) is 0.536. The fourth-order valence-corrected chi connectivity index (χ4v) is 1.67. The monoisotopic (exact) mass is 252 g/mol. The molecule has 0 atom stereocenters. The fourth-order valence-electron chi connectivity index (χ4n) is 1.67. The van der Waals surface area contributed by atoms with Crippen LogP contribution in [0.1, 0.15) is 30.6 Å². The molecule has 0 radical (unpaired) electrons. The van der Waals surface area contributed by atoms with E-state index in [1.54, 1.807) is 19.2 Å². The number of para-hydroxylation sites is 1. The zero-order valence-electron chi connectivity index (χ0n) is 11.1. The predicted octanol–water partition coefficient (Wildman–Crippen LogP) is 2.67. The average Bonchev–Trinajstić information content (AvgIpc) is 2.39. The van der Waals surface area contributed by atoms with E-state index >= 15 is 0 Å². The summed E-state index contributed by atoms with van der Waals surface area (Å²) >= 11 is 0. The van der Waals surface area contributed by atoms with Gasteiger partial charge < -0.3 is 14.2 Å². The van der Waals surface area contributed by atoms with Crippen LogP contribution >= 0.6 is 0 Å². The van der Waals surface area contributed by atoms with Crippen LogP contribution in [-0.4, -0.2) is 32.4 Å². The topological polar surface area (TPSA) is 44.8 Å². The molecule has 0 unspecified atom stereocenters. The molecule has 1 aromatic rings. The van der Waals surface area contributed by atoms with Crippen molar-refractivity contribution in [3.05, 3.63) is 29.8 Å². The lowest BCUT2D eigenvalue weighted by atomic mass is 10.1. The maximum absolute atomic E-state index is 12.1. The van der Waals surface area contributed by atoms with Gasteiger partial charge in [-0.15, -0.1) is 0 Å². The van der Waals surface area contributed by atoms with Crippen molar-refractivity contribution in [2.45, 2.75) is 26.6 Å². The van der Waals surface area contributed by atoms with Gasteiger partial charge in [-0.25, -0.2) is 0 Å². The number of ether oxygens (including phenoxy) is 3. The molecule has 100 valence electrons. The van der Waals surface area contributed by atoms with E-state index in [2.05, 4.69) is 0 Å². The Morgan fingerprint density at radius 1 is 1.17 bits per heavy atom. The van der Waals surface area contributed by atoms with Crippen LogP contribution in [0.15, 0.2) is 24.3 Å². The quantitative estimate of drug-likeness (QED) is 0.527. The minimum Gasteiger partial charge on any atom is -0.496 e. The first-order valence-corrected chi connectivity index (χ1v) is 6.12. The highest BCUT2D eigenvalue weighted by Crippen LogP contribution is 2.20. The summed E-state index contributed by atoms with van der Waals surface area (Å²) in [6, 6.07) is 7.16. The number of benzene rings is 1. The number of Topliss-reactive ketones (excluding diaryl/α,β-unsaturated/α-hetero) is 1. The second-order valence-electron chi connectivity index (χ2n) is 3.67. The van der Waals surface area contributed by atoms with Crippen LogP contribution in [0.4, 0.5) is 0 Å². The molecule has 0 aliphatic heterocycles. The molecule has 0 saturated heterocycles. The van der Waals surface area contributed by atoms with Crippen LogP contribution in [0, 0.1) is 0 Å². The van der Waals surface area contributed by atoms with Gasteiger partial charge in [-0.1, -0.05) is 12.1 Å². The van der Waals surface area contributed by atoms with Gasteiger partial charge in [-0.05, 0) is 26.0 Å². The number of rotatable bonds is 8. The van der Waals surface area contributed by atoms with Crippen LogP contribution in [0.2, 0.25) is 0 Å². The van der Waals surface area contributed by atoms with E-state index in [-0.39, 0.29) is 12.2 Å². The Kier molecular flexibility index (Phi) is 6.39. The highest BCUT2D eigenvalue weighted by Gasteiger charge is 2.18. The molecule has 0 amide bonds. The maximum atomic E-state index is 12.1. The van der Waals surface area contributed by atoms with Gasteiger partial charge in [0.1, 0.15) is 5.75 Å².